The third kappa shape index (κ3) is 2.93. The molecule has 19 heavy (non-hydrogen) atoms. The van der Waals surface area contributed by atoms with E-state index in [0.29, 0.717) is 0 Å². The molecule has 0 aliphatic heterocycles. The molecule has 1 aromatic heterocycles. The molecule has 2 rings (SSSR count). The highest BCUT2D eigenvalue weighted by Gasteiger charge is 2.16. The van der Waals surface area contributed by atoms with E-state index in [1.165, 1.54) is 5.56 Å². The lowest BCUT2D eigenvalue weighted by atomic mass is 10.1. The van der Waals surface area contributed by atoms with Crippen LogP contribution < -0.4 is 10.1 Å². The first-order valence-corrected chi connectivity index (χ1v) is 7.17. The van der Waals surface area contributed by atoms with Gasteiger partial charge in [-0.15, -0.1) is 10.2 Å². The van der Waals surface area contributed by atoms with Crippen LogP contribution in [0.25, 0.3) is 10.6 Å². The second-order valence-corrected chi connectivity index (χ2v) is 5.41. The molecule has 0 bridgehead atoms. The van der Waals surface area contributed by atoms with Gasteiger partial charge in [0.1, 0.15) is 10.8 Å². The van der Waals surface area contributed by atoms with Crippen LogP contribution in [-0.2, 0) is 0 Å². The van der Waals surface area contributed by atoms with Crippen molar-refractivity contribution in [3.8, 4) is 16.3 Å². The van der Waals surface area contributed by atoms with Crippen LogP contribution in [0.5, 0.6) is 5.75 Å². The van der Waals surface area contributed by atoms with E-state index in [9.17, 15) is 0 Å². The molecule has 1 unspecified atom stereocenters. The van der Waals surface area contributed by atoms with Gasteiger partial charge in [0.25, 0.3) is 0 Å². The number of nitrogens with one attached hydrogen (secondary N) is 1. The number of aryl methyl sites for hydroxylation is 1. The summed E-state index contributed by atoms with van der Waals surface area (Å²) in [5.74, 6) is 0.839. The number of methoxy groups -OCH3 is 1. The first-order valence-electron chi connectivity index (χ1n) is 6.35. The maximum absolute atomic E-state index is 5.40. The van der Waals surface area contributed by atoms with Crippen LogP contribution in [0.4, 0.5) is 0 Å². The van der Waals surface area contributed by atoms with E-state index in [1.807, 2.05) is 19.2 Å². The van der Waals surface area contributed by atoms with Gasteiger partial charge in [0, 0.05) is 0 Å². The molecular formula is C14H19N3OS. The van der Waals surface area contributed by atoms with Crippen molar-refractivity contribution in [1.29, 1.82) is 0 Å². The summed E-state index contributed by atoms with van der Waals surface area (Å²) in [5, 5.41) is 13.8. The minimum Gasteiger partial charge on any atom is -0.496 e. The fourth-order valence-electron chi connectivity index (χ4n) is 1.98. The highest BCUT2D eigenvalue weighted by Crippen LogP contribution is 2.34. The number of rotatable bonds is 5. The summed E-state index contributed by atoms with van der Waals surface area (Å²) in [6.07, 6.45) is 0.996. The minimum atomic E-state index is 0.266. The SMILES string of the molecule is CCC(NC)c1nnc(-c2cc(C)ccc2OC)s1. The van der Waals surface area contributed by atoms with E-state index < -0.39 is 0 Å². The predicted molar refractivity (Wildman–Crippen MR) is 78.7 cm³/mol. The van der Waals surface area contributed by atoms with Crippen molar-refractivity contribution in [2.24, 2.45) is 0 Å². The van der Waals surface area contributed by atoms with Gasteiger partial charge in [0.15, 0.2) is 5.01 Å². The van der Waals surface area contributed by atoms with Crippen LogP contribution in [0.1, 0.15) is 30.0 Å². The highest BCUT2D eigenvalue weighted by atomic mass is 32.1. The summed E-state index contributed by atoms with van der Waals surface area (Å²) in [5.41, 5.74) is 2.20. The molecule has 0 spiro atoms. The van der Waals surface area contributed by atoms with E-state index >= 15 is 0 Å². The normalized spacial score (nSPS) is 12.4. The maximum atomic E-state index is 5.40. The van der Waals surface area contributed by atoms with Crippen LogP contribution in [0.15, 0.2) is 18.2 Å². The van der Waals surface area contributed by atoms with Crippen LogP contribution >= 0.6 is 11.3 Å². The Morgan fingerprint density at radius 1 is 1.37 bits per heavy atom. The van der Waals surface area contributed by atoms with Gasteiger partial charge in [0.05, 0.1) is 18.7 Å². The Labute approximate surface area is 117 Å². The summed E-state index contributed by atoms with van der Waals surface area (Å²) >= 11 is 1.62. The Morgan fingerprint density at radius 3 is 2.79 bits per heavy atom. The molecule has 0 aliphatic carbocycles. The Kier molecular flexibility index (Phi) is 4.50. The molecule has 1 heterocycles. The summed E-state index contributed by atoms with van der Waals surface area (Å²) < 4.78 is 5.40. The topological polar surface area (TPSA) is 47.0 Å². The third-order valence-corrected chi connectivity index (χ3v) is 4.15. The van der Waals surface area contributed by atoms with Crippen molar-refractivity contribution in [3.63, 3.8) is 0 Å². The van der Waals surface area contributed by atoms with Crippen molar-refractivity contribution >= 4 is 11.3 Å². The molecule has 0 amide bonds. The number of ether oxygens (including phenoxy) is 1. The lowest BCUT2D eigenvalue weighted by Crippen LogP contribution is -2.14. The molecule has 1 atom stereocenters. The zero-order valence-corrected chi connectivity index (χ0v) is 12.5. The van der Waals surface area contributed by atoms with Gasteiger partial charge >= 0.3 is 0 Å². The largest absolute Gasteiger partial charge is 0.496 e. The standard InChI is InChI=1S/C14H19N3OS/c1-5-11(15-3)14-17-16-13(19-14)10-8-9(2)6-7-12(10)18-4/h6-8,11,15H,5H2,1-4H3. The van der Waals surface area contributed by atoms with Gasteiger partial charge in [-0.25, -0.2) is 0 Å². The fourth-order valence-corrected chi connectivity index (χ4v) is 3.03. The molecule has 0 radical (unpaired) electrons. The summed E-state index contributed by atoms with van der Waals surface area (Å²) in [7, 11) is 3.63. The van der Waals surface area contributed by atoms with Crippen molar-refractivity contribution in [2.75, 3.05) is 14.2 Å². The Balaban J connectivity index is 2.40. The van der Waals surface area contributed by atoms with Crippen molar-refractivity contribution in [1.82, 2.24) is 15.5 Å². The first-order chi connectivity index (χ1) is 9.19. The number of aromatic nitrogens is 2. The molecule has 1 N–H and O–H groups in total. The molecule has 1 aromatic carbocycles. The van der Waals surface area contributed by atoms with Crippen LogP contribution in [-0.4, -0.2) is 24.4 Å². The summed E-state index contributed by atoms with van der Waals surface area (Å²) in [4.78, 5) is 0. The van der Waals surface area contributed by atoms with Gasteiger partial charge in [-0.3, -0.25) is 0 Å². The van der Waals surface area contributed by atoms with Crippen LogP contribution in [0.2, 0.25) is 0 Å². The minimum absolute atomic E-state index is 0.266. The first kappa shape index (κ1) is 14.0. The van der Waals surface area contributed by atoms with Gasteiger partial charge in [0.2, 0.25) is 0 Å². The number of benzene rings is 1. The highest BCUT2D eigenvalue weighted by molar-refractivity contribution is 7.14. The second kappa shape index (κ2) is 6.12. The maximum Gasteiger partial charge on any atom is 0.151 e. The van der Waals surface area contributed by atoms with Gasteiger partial charge in [-0.1, -0.05) is 29.9 Å². The molecule has 0 aliphatic rings. The van der Waals surface area contributed by atoms with E-state index in [1.54, 1.807) is 18.4 Å². The van der Waals surface area contributed by atoms with Gasteiger partial charge < -0.3 is 10.1 Å². The molecule has 0 saturated heterocycles. The van der Waals surface area contributed by atoms with E-state index in [2.05, 4.69) is 35.4 Å². The number of hydrogen-bond donors (Lipinski definition) is 1. The monoisotopic (exact) mass is 277 g/mol. The van der Waals surface area contributed by atoms with E-state index in [4.69, 9.17) is 4.74 Å². The Bertz CT molecular complexity index is 549. The molecule has 5 heteroatoms. The average molecular weight is 277 g/mol. The summed E-state index contributed by atoms with van der Waals surface area (Å²) in [6, 6.07) is 6.36. The average Bonchev–Trinajstić information content (AvgIpc) is 2.89. The van der Waals surface area contributed by atoms with Crippen LogP contribution in [0, 0.1) is 6.92 Å². The molecule has 4 nitrogen and oxygen atoms in total. The van der Waals surface area contributed by atoms with Crippen molar-refractivity contribution in [2.45, 2.75) is 26.3 Å². The van der Waals surface area contributed by atoms with E-state index in [0.717, 1.165) is 27.7 Å². The zero-order chi connectivity index (χ0) is 13.8. The Morgan fingerprint density at radius 2 is 2.16 bits per heavy atom. The number of hydrogen-bond acceptors (Lipinski definition) is 5. The molecule has 0 fully saturated rings. The fraction of sp³-hybridized carbons (Fsp3) is 0.429. The Hall–Kier alpha value is -1.46. The quantitative estimate of drug-likeness (QED) is 0.911. The van der Waals surface area contributed by atoms with E-state index in [-0.39, 0.29) is 6.04 Å². The smallest absolute Gasteiger partial charge is 0.151 e. The predicted octanol–water partition coefficient (Wildman–Crippen LogP) is 3.19. The second-order valence-electron chi connectivity index (χ2n) is 4.40. The van der Waals surface area contributed by atoms with Crippen LogP contribution in [0.3, 0.4) is 0 Å². The van der Waals surface area contributed by atoms with Gasteiger partial charge in [-0.2, -0.15) is 0 Å². The molecule has 2 aromatic rings. The van der Waals surface area contributed by atoms with Gasteiger partial charge in [-0.05, 0) is 32.5 Å². The third-order valence-electron chi connectivity index (χ3n) is 3.08. The summed E-state index contributed by atoms with van der Waals surface area (Å²) in [6.45, 7) is 4.20. The van der Waals surface area contributed by atoms with Crippen molar-refractivity contribution < 1.29 is 4.74 Å². The molecule has 102 valence electrons. The number of nitrogens with zero attached hydrogens (tertiary/aromatic N) is 2. The lowest BCUT2D eigenvalue weighted by molar-refractivity contribution is 0.416. The molecule has 0 saturated carbocycles. The molecular weight excluding hydrogens is 258 g/mol. The lowest BCUT2D eigenvalue weighted by Gasteiger charge is -2.08. The van der Waals surface area contributed by atoms with Crippen molar-refractivity contribution in [3.05, 3.63) is 28.8 Å². The zero-order valence-electron chi connectivity index (χ0n) is 11.7.